The summed E-state index contributed by atoms with van der Waals surface area (Å²) in [6.45, 7) is 0. The van der Waals surface area contributed by atoms with Crippen LogP contribution in [0.15, 0.2) is 30.5 Å². The molecule has 0 spiro atoms. The molecule has 2 aromatic rings. The fraction of sp³-hybridized carbons (Fsp3) is 0.273. The van der Waals surface area contributed by atoms with Crippen molar-refractivity contribution in [1.82, 2.24) is 4.98 Å². The molecule has 0 fully saturated rings. The Morgan fingerprint density at radius 1 is 1.27 bits per heavy atom. The molecule has 1 N–H and O–H groups in total. The molecule has 0 unspecified atom stereocenters. The molecule has 1 aromatic heterocycles. The molecule has 0 aliphatic carbocycles. The summed E-state index contributed by atoms with van der Waals surface area (Å²) in [5.41, 5.74) is 2.12. The summed E-state index contributed by atoms with van der Waals surface area (Å²) >= 11 is 0. The van der Waals surface area contributed by atoms with Crippen molar-refractivity contribution in [3.05, 3.63) is 36.0 Å². The minimum absolute atomic E-state index is 0.203. The smallest absolute Gasteiger partial charge is 0.147 e. The molecule has 0 aliphatic heterocycles. The highest BCUT2D eigenvalue weighted by Gasteiger charge is 2.06. The highest BCUT2D eigenvalue weighted by molar-refractivity contribution is 7.90. The van der Waals surface area contributed by atoms with Gasteiger partial charge < -0.3 is 4.98 Å². The van der Waals surface area contributed by atoms with Crippen LogP contribution in [-0.4, -0.2) is 25.4 Å². The van der Waals surface area contributed by atoms with Crippen LogP contribution in [0.3, 0.4) is 0 Å². The molecule has 0 aliphatic rings. The fourth-order valence-corrected chi connectivity index (χ4v) is 2.22. The molecule has 0 saturated heterocycles. The molecular formula is C11H13NO2S. The maximum absolute atomic E-state index is 11.1. The summed E-state index contributed by atoms with van der Waals surface area (Å²) < 4.78 is 22.1. The van der Waals surface area contributed by atoms with Gasteiger partial charge in [0.15, 0.2) is 0 Å². The number of aromatic amines is 1. The zero-order valence-electron chi connectivity index (χ0n) is 8.53. The van der Waals surface area contributed by atoms with E-state index in [1.165, 1.54) is 6.26 Å². The van der Waals surface area contributed by atoms with Gasteiger partial charge in [0.1, 0.15) is 9.84 Å². The van der Waals surface area contributed by atoms with Crippen molar-refractivity contribution in [3.8, 4) is 0 Å². The Hall–Kier alpha value is -1.29. The van der Waals surface area contributed by atoms with Gasteiger partial charge in [-0.3, -0.25) is 0 Å². The number of para-hydroxylation sites is 1. The zero-order chi connectivity index (χ0) is 10.9. The van der Waals surface area contributed by atoms with Gasteiger partial charge in [-0.05, 0) is 18.1 Å². The summed E-state index contributed by atoms with van der Waals surface area (Å²) in [5.74, 6) is 0.203. The van der Waals surface area contributed by atoms with Gasteiger partial charge in [-0.25, -0.2) is 8.42 Å². The summed E-state index contributed by atoms with van der Waals surface area (Å²) in [6, 6.07) is 7.90. The molecule has 15 heavy (non-hydrogen) atoms. The van der Waals surface area contributed by atoms with Crippen LogP contribution in [0.25, 0.3) is 10.9 Å². The number of fused-ring (bicyclic) bond motifs is 1. The Balaban J connectivity index is 2.29. The lowest BCUT2D eigenvalue weighted by Gasteiger charge is -1.97. The standard InChI is InChI=1S/C11H13NO2S/c1-15(13,14)7-6-9-8-12-11-5-3-2-4-10(9)11/h2-5,8,12H,6-7H2,1H3. The van der Waals surface area contributed by atoms with Crippen LogP contribution in [0.2, 0.25) is 0 Å². The second kappa shape index (κ2) is 3.70. The van der Waals surface area contributed by atoms with Gasteiger partial charge in [0, 0.05) is 23.4 Å². The third kappa shape index (κ3) is 2.39. The number of rotatable bonds is 3. The second-order valence-corrected chi connectivity index (χ2v) is 6.00. The van der Waals surface area contributed by atoms with Crippen molar-refractivity contribution in [1.29, 1.82) is 0 Å². The van der Waals surface area contributed by atoms with Crippen LogP contribution >= 0.6 is 0 Å². The second-order valence-electron chi connectivity index (χ2n) is 3.74. The number of aromatic nitrogens is 1. The van der Waals surface area contributed by atoms with E-state index in [4.69, 9.17) is 0 Å². The normalized spacial score (nSPS) is 12.1. The third-order valence-corrected chi connectivity index (χ3v) is 3.36. The van der Waals surface area contributed by atoms with Gasteiger partial charge in [-0.15, -0.1) is 0 Å². The number of aryl methyl sites for hydroxylation is 1. The first kappa shape index (κ1) is 10.2. The van der Waals surface area contributed by atoms with Gasteiger partial charge in [-0.2, -0.15) is 0 Å². The lowest BCUT2D eigenvalue weighted by atomic mass is 10.1. The van der Waals surface area contributed by atoms with Gasteiger partial charge in [0.25, 0.3) is 0 Å². The highest BCUT2D eigenvalue weighted by Crippen LogP contribution is 2.18. The van der Waals surface area contributed by atoms with Crippen molar-refractivity contribution < 1.29 is 8.42 Å². The van der Waals surface area contributed by atoms with Crippen LogP contribution in [-0.2, 0) is 16.3 Å². The van der Waals surface area contributed by atoms with Crippen molar-refractivity contribution in [3.63, 3.8) is 0 Å². The van der Waals surface area contributed by atoms with Crippen LogP contribution in [0, 0.1) is 0 Å². The number of nitrogens with one attached hydrogen (secondary N) is 1. The van der Waals surface area contributed by atoms with E-state index in [1.807, 2.05) is 30.5 Å². The number of H-pyrrole nitrogens is 1. The van der Waals surface area contributed by atoms with E-state index in [1.54, 1.807) is 0 Å². The van der Waals surface area contributed by atoms with Crippen LogP contribution < -0.4 is 0 Å². The van der Waals surface area contributed by atoms with Crippen molar-refractivity contribution in [2.24, 2.45) is 0 Å². The molecule has 0 atom stereocenters. The first-order chi connectivity index (χ1) is 7.06. The van der Waals surface area contributed by atoms with E-state index in [2.05, 4.69) is 4.98 Å². The minimum Gasteiger partial charge on any atom is -0.361 e. The monoisotopic (exact) mass is 223 g/mol. The van der Waals surface area contributed by atoms with Gasteiger partial charge in [-0.1, -0.05) is 18.2 Å². The van der Waals surface area contributed by atoms with E-state index in [-0.39, 0.29) is 5.75 Å². The average Bonchev–Trinajstić information content (AvgIpc) is 2.57. The summed E-state index contributed by atoms with van der Waals surface area (Å²) in [5, 5.41) is 1.11. The zero-order valence-corrected chi connectivity index (χ0v) is 9.34. The summed E-state index contributed by atoms with van der Waals surface area (Å²) in [6.07, 6.45) is 3.72. The molecule has 3 nitrogen and oxygen atoms in total. The van der Waals surface area contributed by atoms with Gasteiger partial charge in [0.05, 0.1) is 5.75 Å². The van der Waals surface area contributed by atoms with Crippen LogP contribution in [0.5, 0.6) is 0 Å². The number of benzene rings is 1. The maximum atomic E-state index is 11.1. The average molecular weight is 223 g/mol. The molecule has 0 amide bonds. The highest BCUT2D eigenvalue weighted by atomic mass is 32.2. The van der Waals surface area contributed by atoms with Gasteiger partial charge in [0.2, 0.25) is 0 Å². The molecule has 2 rings (SSSR count). The number of hydrogen-bond donors (Lipinski definition) is 1. The van der Waals surface area contributed by atoms with E-state index in [0.29, 0.717) is 6.42 Å². The van der Waals surface area contributed by atoms with Crippen molar-refractivity contribution in [2.75, 3.05) is 12.0 Å². The van der Waals surface area contributed by atoms with Crippen LogP contribution in [0.4, 0.5) is 0 Å². The molecule has 0 radical (unpaired) electrons. The summed E-state index contributed by atoms with van der Waals surface area (Å²) in [7, 11) is -2.88. The number of hydrogen-bond acceptors (Lipinski definition) is 2. The Labute approximate surface area is 89.0 Å². The molecule has 1 aromatic carbocycles. The van der Waals surface area contributed by atoms with E-state index in [0.717, 1.165) is 16.5 Å². The molecule has 0 saturated carbocycles. The fourth-order valence-electron chi connectivity index (χ4n) is 1.63. The third-order valence-electron chi connectivity index (χ3n) is 2.42. The molecule has 0 bridgehead atoms. The Morgan fingerprint density at radius 2 is 2.00 bits per heavy atom. The first-order valence-corrected chi connectivity index (χ1v) is 6.85. The van der Waals surface area contributed by atoms with Crippen molar-refractivity contribution in [2.45, 2.75) is 6.42 Å². The SMILES string of the molecule is CS(=O)(=O)CCc1c[nH]c2ccccc12. The predicted molar refractivity (Wildman–Crippen MR) is 61.7 cm³/mol. The quantitative estimate of drug-likeness (QED) is 0.862. The van der Waals surface area contributed by atoms with Crippen molar-refractivity contribution >= 4 is 20.7 Å². The molecule has 4 heteroatoms. The lowest BCUT2D eigenvalue weighted by molar-refractivity contribution is 0.601. The topological polar surface area (TPSA) is 49.9 Å². The van der Waals surface area contributed by atoms with E-state index >= 15 is 0 Å². The number of sulfone groups is 1. The first-order valence-electron chi connectivity index (χ1n) is 4.79. The Bertz CT molecular complexity index is 569. The molecule has 1 heterocycles. The lowest BCUT2D eigenvalue weighted by Crippen LogP contribution is -2.05. The molecular weight excluding hydrogens is 210 g/mol. The van der Waals surface area contributed by atoms with Gasteiger partial charge >= 0.3 is 0 Å². The minimum atomic E-state index is -2.88. The Morgan fingerprint density at radius 3 is 2.73 bits per heavy atom. The summed E-state index contributed by atoms with van der Waals surface area (Å²) in [4.78, 5) is 3.13. The van der Waals surface area contributed by atoms with E-state index in [9.17, 15) is 8.42 Å². The predicted octanol–water partition coefficient (Wildman–Crippen LogP) is 1.75. The van der Waals surface area contributed by atoms with E-state index < -0.39 is 9.84 Å². The Kier molecular flexibility index (Phi) is 2.52. The maximum Gasteiger partial charge on any atom is 0.147 e. The van der Waals surface area contributed by atoms with Crippen LogP contribution in [0.1, 0.15) is 5.56 Å². The largest absolute Gasteiger partial charge is 0.361 e. The molecule has 80 valence electrons.